The molecule has 0 fully saturated rings. The monoisotopic (exact) mass is 228 g/mol. The highest BCUT2D eigenvalue weighted by atomic mass is 16.1. The Morgan fingerprint density at radius 3 is 2.53 bits per heavy atom. The molecule has 1 aromatic carbocycles. The average molecular weight is 228 g/mol. The Hall–Kier alpha value is -2.43. The molecular weight excluding hydrogens is 216 g/mol. The van der Waals surface area contributed by atoms with Crippen LogP contribution in [0.15, 0.2) is 36.5 Å². The number of ketones is 1. The third kappa shape index (κ3) is 2.78. The quantitative estimate of drug-likeness (QED) is 0.785. The molecule has 0 aliphatic rings. The van der Waals surface area contributed by atoms with Gasteiger partial charge in [-0.1, -0.05) is 0 Å². The van der Waals surface area contributed by atoms with E-state index in [2.05, 4.69) is 15.3 Å². The van der Waals surface area contributed by atoms with Crippen molar-refractivity contribution in [3.63, 3.8) is 0 Å². The van der Waals surface area contributed by atoms with E-state index in [4.69, 9.17) is 5.73 Å². The number of anilines is 3. The van der Waals surface area contributed by atoms with Gasteiger partial charge in [0.1, 0.15) is 5.82 Å². The molecule has 1 aromatic heterocycles. The van der Waals surface area contributed by atoms with Gasteiger partial charge in [-0.25, -0.2) is 4.98 Å². The second-order valence-corrected chi connectivity index (χ2v) is 3.56. The van der Waals surface area contributed by atoms with Gasteiger partial charge >= 0.3 is 0 Å². The minimum Gasteiger partial charge on any atom is -0.368 e. The summed E-state index contributed by atoms with van der Waals surface area (Å²) in [6.45, 7) is 1.54. The molecule has 5 heteroatoms. The van der Waals surface area contributed by atoms with Crippen molar-refractivity contribution in [1.82, 2.24) is 9.97 Å². The molecule has 17 heavy (non-hydrogen) atoms. The van der Waals surface area contributed by atoms with Gasteiger partial charge in [0.2, 0.25) is 5.95 Å². The number of nitrogen functional groups attached to an aromatic ring is 1. The molecule has 0 saturated carbocycles. The zero-order valence-electron chi connectivity index (χ0n) is 9.34. The third-order valence-corrected chi connectivity index (χ3v) is 2.24. The maximum atomic E-state index is 11.1. The maximum absolute atomic E-state index is 11.1. The van der Waals surface area contributed by atoms with Crippen LogP contribution in [0.1, 0.15) is 17.3 Å². The molecule has 0 aliphatic heterocycles. The average Bonchev–Trinajstić information content (AvgIpc) is 2.29. The Morgan fingerprint density at radius 2 is 1.94 bits per heavy atom. The van der Waals surface area contributed by atoms with Crippen molar-refractivity contribution < 1.29 is 4.79 Å². The van der Waals surface area contributed by atoms with Crippen molar-refractivity contribution in [2.45, 2.75) is 6.92 Å². The van der Waals surface area contributed by atoms with E-state index in [9.17, 15) is 4.79 Å². The fraction of sp³-hybridized carbons (Fsp3) is 0.0833. The number of hydrogen-bond donors (Lipinski definition) is 2. The van der Waals surface area contributed by atoms with Gasteiger partial charge in [-0.2, -0.15) is 4.98 Å². The van der Waals surface area contributed by atoms with E-state index in [-0.39, 0.29) is 11.7 Å². The zero-order valence-corrected chi connectivity index (χ0v) is 9.34. The summed E-state index contributed by atoms with van der Waals surface area (Å²) >= 11 is 0. The number of nitrogens with zero attached hydrogens (tertiary/aromatic N) is 2. The number of rotatable bonds is 3. The number of Topliss-reactive ketones (excluding diaryl/α,β-unsaturated/α-hetero) is 1. The lowest BCUT2D eigenvalue weighted by Crippen LogP contribution is -1.99. The molecule has 2 rings (SSSR count). The van der Waals surface area contributed by atoms with E-state index in [1.165, 1.54) is 6.92 Å². The molecule has 86 valence electrons. The van der Waals surface area contributed by atoms with E-state index in [0.29, 0.717) is 11.4 Å². The lowest BCUT2D eigenvalue weighted by molar-refractivity contribution is 0.101. The Balaban J connectivity index is 2.16. The first kappa shape index (κ1) is 11.1. The number of carbonyl (C=O) groups excluding carboxylic acids is 1. The third-order valence-electron chi connectivity index (χ3n) is 2.24. The second kappa shape index (κ2) is 4.61. The van der Waals surface area contributed by atoms with Gasteiger partial charge in [0.25, 0.3) is 0 Å². The van der Waals surface area contributed by atoms with Crippen molar-refractivity contribution in [1.29, 1.82) is 0 Å². The summed E-state index contributed by atoms with van der Waals surface area (Å²) < 4.78 is 0. The molecule has 0 radical (unpaired) electrons. The van der Waals surface area contributed by atoms with Crippen molar-refractivity contribution >= 4 is 23.2 Å². The summed E-state index contributed by atoms with van der Waals surface area (Å²) in [4.78, 5) is 18.9. The van der Waals surface area contributed by atoms with Gasteiger partial charge in [0.05, 0.1) is 0 Å². The van der Waals surface area contributed by atoms with Crippen LogP contribution < -0.4 is 11.1 Å². The Labute approximate surface area is 98.7 Å². The summed E-state index contributed by atoms with van der Waals surface area (Å²) in [5.74, 6) is 0.881. The molecule has 0 amide bonds. The van der Waals surface area contributed by atoms with E-state index < -0.39 is 0 Å². The number of nitrogens with two attached hydrogens (primary N) is 1. The van der Waals surface area contributed by atoms with Gasteiger partial charge in [0.15, 0.2) is 5.78 Å². The highest BCUT2D eigenvalue weighted by Crippen LogP contribution is 2.15. The van der Waals surface area contributed by atoms with Crippen LogP contribution in [0, 0.1) is 0 Å². The first-order valence-corrected chi connectivity index (χ1v) is 5.12. The summed E-state index contributed by atoms with van der Waals surface area (Å²) in [6, 6.07) is 8.86. The molecule has 3 N–H and O–H groups in total. The summed E-state index contributed by atoms with van der Waals surface area (Å²) in [6.07, 6.45) is 1.58. The first-order chi connectivity index (χ1) is 8.15. The van der Waals surface area contributed by atoms with Crippen LogP contribution in [0.2, 0.25) is 0 Å². The largest absolute Gasteiger partial charge is 0.368 e. The van der Waals surface area contributed by atoms with Crippen LogP contribution in [0.4, 0.5) is 17.5 Å². The lowest BCUT2D eigenvalue weighted by atomic mass is 10.1. The summed E-state index contributed by atoms with van der Waals surface area (Å²) in [7, 11) is 0. The number of hydrogen-bond acceptors (Lipinski definition) is 5. The van der Waals surface area contributed by atoms with E-state index in [0.717, 1.165) is 5.69 Å². The van der Waals surface area contributed by atoms with Gasteiger partial charge in [-0.05, 0) is 37.3 Å². The van der Waals surface area contributed by atoms with Gasteiger partial charge in [-0.15, -0.1) is 0 Å². The number of benzene rings is 1. The predicted molar refractivity (Wildman–Crippen MR) is 66.2 cm³/mol. The Morgan fingerprint density at radius 1 is 1.24 bits per heavy atom. The topological polar surface area (TPSA) is 80.9 Å². The lowest BCUT2D eigenvalue weighted by Gasteiger charge is -2.05. The molecule has 5 nitrogen and oxygen atoms in total. The standard InChI is InChI=1S/C12H12N4O/c1-8(17)9-2-4-10(5-3-9)15-11-6-7-14-12(13)16-11/h2-7H,1H3,(H3,13,14,15,16). The maximum Gasteiger partial charge on any atom is 0.221 e. The minimum absolute atomic E-state index is 0.0443. The molecule has 0 saturated heterocycles. The smallest absolute Gasteiger partial charge is 0.221 e. The molecular formula is C12H12N4O. The normalized spacial score (nSPS) is 9.94. The number of nitrogens with one attached hydrogen (secondary N) is 1. The molecule has 0 atom stereocenters. The minimum atomic E-state index is 0.0443. The fourth-order valence-corrected chi connectivity index (χ4v) is 1.38. The van der Waals surface area contributed by atoms with E-state index in [1.54, 1.807) is 24.4 Å². The second-order valence-electron chi connectivity index (χ2n) is 3.56. The highest BCUT2D eigenvalue weighted by molar-refractivity contribution is 5.94. The number of aromatic nitrogens is 2. The van der Waals surface area contributed by atoms with Gasteiger partial charge < -0.3 is 11.1 Å². The fourth-order valence-electron chi connectivity index (χ4n) is 1.38. The van der Waals surface area contributed by atoms with Crippen LogP contribution in [-0.2, 0) is 0 Å². The molecule has 1 heterocycles. The van der Waals surface area contributed by atoms with Crippen molar-refractivity contribution in [2.75, 3.05) is 11.1 Å². The van der Waals surface area contributed by atoms with Crippen LogP contribution in [-0.4, -0.2) is 15.8 Å². The molecule has 0 spiro atoms. The van der Waals surface area contributed by atoms with Crippen LogP contribution in [0.25, 0.3) is 0 Å². The predicted octanol–water partition coefficient (Wildman–Crippen LogP) is 2.00. The van der Waals surface area contributed by atoms with E-state index in [1.807, 2.05) is 12.1 Å². The van der Waals surface area contributed by atoms with Crippen molar-refractivity contribution in [2.24, 2.45) is 0 Å². The molecule has 2 aromatic rings. The number of carbonyl (C=O) groups is 1. The Kier molecular flexibility index (Phi) is 3.00. The Bertz CT molecular complexity index is 536. The van der Waals surface area contributed by atoms with E-state index >= 15 is 0 Å². The van der Waals surface area contributed by atoms with Crippen molar-refractivity contribution in [3.8, 4) is 0 Å². The van der Waals surface area contributed by atoms with Crippen molar-refractivity contribution in [3.05, 3.63) is 42.1 Å². The SMILES string of the molecule is CC(=O)c1ccc(Nc2ccnc(N)n2)cc1. The molecule has 0 bridgehead atoms. The molecule has 0 aliphatic carbocycles. The zero-order chi connectivity index (χ0) is 12.3. The molecule has 0 unspecified atom stereocenters. The van der Waals surface area contributed by atoms with Gasteiger partial charge in [-0.3, -0.25) is 4.79 Å². The summed E-state index contributed by atoms with van der Waals surface area (Å²) in [5, 5.41) is 3.07. The van der Waals surface area contributed by atoms with Crippen LogP contribution >= 0.6 is 0 Å². The van der Waals surface area contributed by atoms with Crippen LogP contribution in [0.3, 0.4) is 0 Å². The first-order valence-electron chi connectivity index (χ1n) is 5.12. The summed E-state index contributed by atoms with van der Waals surface area (Å²) in [5.41, 5.74) is 6.99. The van der Waals surface area contributed by atoms with Crippen LogP contribution in [0.5, 0.6) is 0 Å². The van der Waals surface area contributed by atoms with Gasteiger partial charge in [0, 0.05) is 17.4 Å². The highest BCUT2D eigenvalue weighted by Gasteiger charge is 2.00.